The van der Waals surface area contributed by atoms with E-state index in [-0.39, 0.29) is 5.56 Å². The normalized spacial score (nSPS) is 15.7. The van der Waals surface area contributed by atoms with Gasteiger partial charge in [0.1, 0.15) is 14.4 Å². The van der Waals surface area contributed by atoms with Crippen molar-refractivity contribution in [1.29, 1.82) is 0 Å². The zero-order chi connectivity index (χ0) is 25.7. The van der Waals surface area contributed by atoms with Gasteiger partial charge < -0.3 is 4.48 Å². The number of rotatable bonds is 9. The lowest BCUT2D eigenvalue weighted by atomic mass is 9.95. The van der Waals surface area contributed by atoms with Crippen LogP contribution in [0.4, 0.5) is 0 Å². The Hall–Kier alpha value is -2.87. The number of hydrogen-bond donors (Lipinski definition) is 0. The van der Waals surface area contributed by atoms with Crippen molar-refractivity contribution in [1.82, 2.24) is 14.5 Å². The van der Waals surface area contributed by atoms with E-state index < -0.39 is 0 Å². The minimum atomic E-state index is 0.0787. The van der Waals surface area contributed by atoms with Gasteiger partial charge >= 0.3 is 0 Å². The Morgan fingerprint density at radius 3 is 2.30 bits per heavy atom. The van der Waals surface area contributed by atoms with Crippen molar-refractivity contribution in [2.45, 2.75) is 30.4 Å². The van der Waals surface area contributed by atoms with Crippen LogP contribution >= 0.6 is 11.8 Å². The number of thioether (sulfide) groups is 1. The first-order valence-electron chi connectivity index (χ1n) is 13.3. The SMILES string of the molecule is Bc1ccc2nc(SCc3ccccc3)n(CCCN3CC[N+](C)(Cc4ccccc4)CC3)c(=O)c2c1. The van der Waals surface area contributed by atoms with E-state index in [1.54, 1.807) is 11.8 Å². The van der Waals surface area contributed by atoms with Gasteiger partial charge in [0.05, 0.1) is 31.0 Å². The van der Waals surface area contributed by atoms with Gasteiger partial charge in [0.25, 0.3) is 5.56 Å². The molecule has 5 nitrogen and oxygen atoms in total. The summed E-state index contributed by atoms with van der Waals surface area (Å²) in [6.07, 6.45) is 0.945. The summed E-state index contributed by atoms with van der Waals surface area (Å²) in [5.74, 6) is 0.800. The van der Waals surface area contributed by atoms with E-state index in [2.05, 4.69) is 66.5 Å². The summed E-state index contributed by atoms with van der Waals surface area (Å²) >= 11 is 1.66. The maximum absolute atomic E-state index is 13.5. The molecule has 1 saturated heterocycles. The fourth-order valence-electron chi connectivity index (χ4n) is 5.19. The van der Waals surface area contributed by atoms with Crippen LogP contribution in [0.3, 0.4) is 0 Å². The summed E-state index contributed by atoms with van der Waals surface area (Å²) in [7, 11) is 4.41. The summed E-state index contributed by atoms with van der Waals surface area (Å²) in [5.41, 5.74) is 4.61. The lowest BCUT2D eigenvalue weighted by molar-refractivity contribution is -0.926. The molecule has 1 aliphatic heterocycles. The molecule has 1 aliphatic rings. The quantitative estimate of drug-likeness (QED) is 0.150. The fraction of sp³-hybridized carbons (Fsp3) is 0.333. The zero-order valence-electron chi connectivity index (χ0n) is 22.0. The highest BCUT2D eigenvalue weighted by Crippen LogP contribution is 2.22. The van der Waals surface area contributed by atoms with Crippen molar-refractivity contribution in [3.05, 3.63) is 100 Å². The molecule has 0 aliphatic carbocycles. The molecule has 0 radical (unpaired) electrons. The van der Waals surface area contributed by atoms with Crippen LogP contribution in [0.2, 0.25) is 0 Å². The number of hydrogen-bond acceptors (Lipinski definition) is 4. The Morgan fingerprint density at radius 1 is 0.919 bits per heavy atom. The molecule has 0 saturated carbocycles. The third-order valence-corrected chi connectivity index (χ3v) is 8.51. The van der Waals surface area contributed by atoms with E-state index in [0.717, 1.165) is 77.4 Å². The second kappa shape index (κ2) is 11.7. The van der Waals surface area contributed by atoms with Gasteiger partial charge in [0, 0.05) is 37.5 Å². The Balaban J connectivity index is 1.24. The maximum Gasteiger partial charge on any atom is 0.262 e. The van der Waals surface area contributed by atoms with Crippen LogP contribution in [0.5, 0.6) is 0 Å². The average Bonchev–Trinajstić information content (AvgIpc) is 2.91. The Labute approximate surface area is 225 Å². The van der Waals surface area contributed by atoms with Gasteiger partial charge in [0.15, 0.2) is 5.16 Å². The van der Waals surface area contributed by atoms with Crippen molar-refractivity contribution >= 4 is 36.0 Å². The molecule has 3 aromatic carbocycles. The van der Waals surface area contributed by atoms with Crippen LogP contribution < -0.4 is 11.0 Å². The first kappa shape index (κ1) is 25.8. The molecule has 1 fully saturated rings. The van der Waals surface area contributed by atoms with E-state index in [1.165, 1.54) is 11.1 Å². The third-order valence-electron chi connectivity index (χ3n) is 7.46. The number of nitrogens with zero attached hydrogens (tertiary/aromatic N) is 4. The molecule has 190 valence electrons. The zero-order valence-corrected chi connectivity index (χ0v) is 22.8. The highest BCUT2D eigenvalue weighted by molar-refractivity contribution is 7.98. The largest absolute Gasteiger partial charge is 0.320 e. The molecule has 0 spiro atoms. The van der Waals surface area contributed by atoms with E-state index >= 15 is 0 Å². The number of benzene rings is 3. The molecule has 4 aromatic rings. The highest BCUT2D eigenvalue weighted by atomic mass is 32.2. The smallest absolute Gasteiger partial charge is 0.262 e. The molecule has 5 rings (SSSR count). The monoisotopic (exact) mass is 511 g/mol. The van der Waals surface area contributed by atoms with Gasteiger partial charge in [-0.2, -0.15) is 0 Å². The number of piperazine rings is 1. The molecule has 0 N–H and O–H groups in total. The third kappa shape index (κ3) is 6.53. The molecule has 2 heterocycles. The lowest BCUT2D eigenvalue weighted by Gasteiger charge is -2.42. The number of likely N-dealkylation sites (N-methyl/N-ethyl adjacent to an activating group) is 1. The van der Waals surface area contributed by atoms with Crippen LogP contribution in [-0.2, 0) is 18.8 Å². The molecule has 0 amide bonds. The fourth-order valence-corrected chi connectivity index (χ4v) is 6.17. The van der Waals surface area contributed by atoms with Crippen molar-refractivity contribution in [3.63, 3.8) is 0 Å². The molecule has 0 atom stereocenters. The van der Waals surface area contributed by atoms with Gasteiger partial charge in [-0.15, -0.1) is 0 Å². The van der Waals surface area contributed by atoms with E-state index in [0.29, 0.717) is 6.54 Å². The van der Waals surface area contributed by atoms with E-state index in [4.69, 9.17) is 4.98 Å². The van der Waals surface area contributed by atoms with E-state index in [9.17, 15) is 4.79 Å². The molecule has 37 heavy (non-hydrogen) atoms. The number of aromatic nitrogens is 2. The standard InChI is InChI=1S/C30H36BN4OS/c1-35(22-24-9-4-2-5-10-24)19-17-33(18-20-35)15-8-16-34-29(36)27-21-26(31)13-14-28(27)32-30(34)37-23-25-11-6-3-7-12-25/h2-7,9-14,21H,8,15-20,22-23,31H2,1H3/q+1. The second-order valence-electron chi connectivity index (χ2n) is 10.6. The topological polar surface area (TPSA) is 38.1 Å². The van der Waals surface area contributed by atoms with Crippen molar-refractivity contribution in [2.75, 3.05) is 39.8 Å². The summed E-state index contributed by atoms with van der Waals surface area (Å²) < 4.78 is 3.00. The summed E-state index contributed by atoms with van der Waals surface area (Å²) in [4.78, 5) is 21.0. The average molecular weight is 512 g/mol. The summed E-state index contributed by atoms with van der Waals surface area (Å²) in [6, 6.07) is 27.2. The van der Waals surface area contributed by atoms with E-state index in [1.807, 2.05) is 36.7 Å². The Bertz CT molecular complexity index is 1390. The lowest BCUT2D eigenvalue weighted by Crippen LogP contribution is -2.56. The molecule has 0 bridgehead atoms. The van der Waals surface area contributed by atoms with Gasteiger partial charge in [-0.3, -0.25) is 14.3 Å². The second-order valence-corrected chi connectivity index (χ2v) is 11.5. The first-order chi connectivity index (χ1) is 18.0. The summed E-state index contributed by atoms with van der Waals surface area (Å²) in [6.45, 7) is 7.31. The minimum absolute atomic E-state index is 0.0787. The molecule has 0 unspecified atom stereocenters. The predicted octanol–water partition coefficient (Wildman–Crippen LogP) is 3.30. The molecule has 1 aromatic heterocycles. The highest BCUT2D eigenvalue weighted by Gasteiger charge is 2.28. The molecule has 7 heteroatoms. The van der Waals surface area contributed by atoms with Crippen LogP contribution in [0, 0.1) is 0 Å². The molecular weight excluding hydrogens is 475 g/mol. The molecular formula is C30H36BN4OS+. The Morgan fingerprint density at radius 2 is 1.59 bits per heavy atom. The van der Waals surface area contributed by atoms with Crippen molar-refractivity contribution in [3.8, 4) is 0 Å². The van der Waals surface area contributed by atoms with Gasteiger partial charge in [-0.05, 0) is 18.1 Å². The van der Waals surface area contributed by atoms with Crippen molar-refractivity contribution < 1.29 is 4.48 Å². The van der Waals surface area contributed by atoms with Crippen molar-refractivity contribution in [2.24, 2.45) is 0 Å². The Kier molecular flexibility index (Phi) is 8.13. The summed E-state index contributed by atoms with van der Waals surface area (Å²) in [5, 5.41) is 1.53. The first-order valence-corrected chi connectivity index (χ1v) is 14.3. The van der Waals surface area contributed by atoms with Gasteiger partial charge in [0.2, 0.25) is 0 Å². The minimum Gasteiger partial charge on any atom is -0.320 e. The maximum atomic E-state index is 13.5. The van der Waals surface area contributed by atoms with Gasteiger partial charge in [-0.25, -0.2) is 4.98 Å². The van der Waals surface area contributed by atoms with Crippen LogP contribution in [0.1, 0.15) is 17.5 Å². The van der Waals surface area contributed by atoms with Crippen LogP contribution in [-0.4, -0.2) is 66.6 Å². The predicted molar refractivity (Wildman–Crippen MR) is 157 cm³/mol. The number of quaternary nitrogens is 1. The van der Waals surface area contributed by atoms with Crippen LogP contribution in [0.15, 0.2) is 88.8 Å². The van der Waals surface area contributed by atoms with Crippen LogP contribution in [0.25, 0.3) is 10.9 Å². The van der Waals surface area contributed by atoms with Gasteiger partial charge in [-0.1, -0.05) is 90.0 Å². The number of fused-ring (bicyclic) bond motifs is 1.